The van der Waals surface area contributed by atoms with Gasteiger partial charge in [0.2, 0.25) is 0 Å². The Hall–Kier alpha value is -2.61. The molecule has 1 saturated heterocycles. The fraction of sp³-hybridized carbons (Fsp3) is 0.471. The standard InChI is InChI=1S/C17H23N3O5/c1-11(10-21)18-15(22)16(23)19-13-9-12(17(24)25-2)5-6-14(13)20-7-3-4-8-20/h5-6,9,11,21H,3-4,7-8,10H2,1-2H3,(H,18,22)(H,19,23)/t11-/m0/s1. The first kappa shape index (κ1) is 18.7. The lowest BCUT2D eigenvalue weighted by Crippen LogP contribution is -2.42. The number of amides is 2. The van der Waals surface area contributed by atoms with Gasteiger partial charge in [-0.3, -0.25) is 9.59 Å². The summed E-state index contributed by atoms with van der Waals surface area (Å²) in [7, 11) is 1.28. The van der Waals surface area contributed by atoms with Gasteiger partial charge in [-0.25, -0.2) is 4.79 Å². The summed E-state index contributed by atoms with van der Waals surface area (Å²) in [5.74, 6) is -2.23. The van der Waals surface area contributed by atoms with Crippen molar-refractivity contribution in [3.8, 4) is 0 Å². The van der Waals surface area contributed by atoms with Gasteiger partial charge in [0.15, 0.2) is 0 Å². The molecule has 1 aromatic rings. The molecule has 1 aromatic carbocycles. The van der Waals surface area contributed by atoms with Gasteiger partial charge in [0, 0.05) is 19.1 Å². The highest BCUT2D eigenvalue weighted by atomic mass is 16.5. The number of aliphatic hydroxyl groups is 1. The molecule has 1 heterocycles. The average Bonchev–Trinajstić information content (AvgIpc) is 3.15. The summed E-state index contributed by atoms with van der Waals surface area (Å²) in [6.45, 7) is 3.00. The lowest BCUT2D eigenvalue weighted by atomic mass is 10.1. The van der Waals surface area contributed by atoms with Crippen LogP contribution in [0, 0.1) is 0 Å². The zero-order valence-corrected chi connectivity index (χ0v) is 14.4. The van der Waals surface area contributed by atoms with Crippen LogP contribution in [0.5, 0.6) is 0 Å². The van der Waals surface area contributed by atoms with Gasteiger partial charge in [-0.2, -0.15) is 0 Å². The Labute approximate surface area is 146 Å². The molecule has 0 saturated carbocycles. The molecule has 1 fully saturated rings. The molecule has 0 radical (unpaired) electrons. The minimum absolute atomic E-state index is 0.268. The SMILES string of the molecule is COC(=O)c1ccc(N2CCCC2)c(NC(=O)C(=O)N[C@@H](C)CO)c1. The number of carbonyl (C=O) groups excluding carboxylic acids is 3. The molecule has 1 aliphatic rings. The van der Waals surface area contributed by atoms with E-state index in [0.717, 1.165) is 31.6 Å². The van der Waals surface area contributed by atoms with Crippen LogP contribution in [0.4, 0.5) is 11.4 Å². The largest absolute Gasteiger partial charge is 0.465 e. The van der Waals surface area contributed by atoms with Crippen LogP contribution in [-0.4, -0.2) is 55.7 Å². The van der Waals surface area contributed by atoms with E-state index in [4.69, 9.17) is 9.84 Å². The van der Waals surface area contributed by atoms with Gasteiger partial charge in [0.05, 0.1) is 30.7 Å². The summed E-state index contributed by atoms with van der Waals surface area (Å²) in [5, 5.41) is 13.9. The zero-order chi connectivity index (χ0) is 18.4. The summed E-state index contributed by atoms with van der Waals surface area (Å²) in [4.78, 5) is 37.9. The highest BCUT2D eigenvalue weighted by Crippen LogP contribution is 2.30. The van der Waals surface area contributed by atoms with E-state index in [1.54, 1.807) is 19.1 Å². The van der Waals surface area contributed by atoms with Crippen LogP contribution in [0.3, 0.4) is 0 Å². The number of rotatable bonds is 5. The van der Waals surface area contributed by atoms with E-state index in [1.165, 1.54) is 13.2 Å². The van der Waals surface area contributed by atoms with E-state index >= 15 is 0 Å². The van der Waals surface area contributed by atoms with Gasteiger partial charge < -0.3 is 25.4 Å². The summed E-state index contributed by atoms with van der Waals surface area (Å²) in [5.41, 5.74) is 1.41. The van der Waals surface area contributed by atoms with Gasteiger partial charge in [-0.1, -0.05) is 0 Å². The molecule has 2 amide bonds. The number of methoxy groups -OCH3 is 1. The maximum atomic E-state index is 12.1. The van der Waals surface area contributed by atoms with Crippen molar-refractivity contribution in [2.75, 3.05) is 37.0 Å². The number of benzene rings is 1. The molecule has 25 heavy (non-hydrogen) atoms. The lowest BCUT2D eigenvalue weighted by Gasteiger charge is -2.22. The van der Waals surface area contributed by atoms with Crippen LogP contribution in [0.2, 0.25) is 0 Å². The number of hydrogen-bond donors (Lipinski definition) is 3. The smallest absolute Gasteiger partial charge is 0.337 e. The number of hydrogen-bond acceptors (Lipinski definition) is 6. The predicted molar refractivity (Wildman–Crippen MR) is 92.5 cm³/mol. The van der Waals surface area contributed by atoms with E-state index in [9.17, 15) is 14.4 Å². The van der Waals surface area contributed by atoms with Crippen molar-refractivity contribution >= 4 is 29.2 Å². The molecule has 2 rings (SSSR count). The summed E-state index contributed by atoms with van der Waals surface area (Å²) in [6, 6.07) is 4.34. The maximum Gasteiger partial charge on any atom is 0.337 e. The van der Waals surface area contributed by atoms with Gasteiger partial charge >= 0.3 is 17.8 Å². The molecular weight excluding hydrogens is 326 g/mol. The van der Waals surface area contributed by atoms with E-state index < -0.39 is 23.8 Å². The minimum Gasteiger partial charge on any atom is -0.465 e. The van der Waals surface area contributed by atoms with Gasteiger partial charge in [0.25, 0.3) is 0 Å². The van der Waals surface area contributed by atoms with E-state index in [2.05, 4.69) is 15.5 Å². The van der Waals surface area contributed by atoms with Crippen molar-refractivity contribution in [1.29, 1.82) is 0 Å². The summed E-state index contributed by atoms with van der Waals surface area (Å²) < 4.78 is 4.70. The normalized spacial score (nSPS) is 14.8. The summed E-state index contributed by atoms with van der Waals surface area (Å²) in [6.07, 6.45) is 2.08. The first-order chi connectivity index (χ1) is 12.0. The fourth-order valence-electron chi connectivity index (χ4n) is 2.63. The van der Waals surface area contributed by atoms with Gasteiger partial charge in [-0.15, -0.1) is 0 Å². The Morgan fingerprint density at radius 2 is 1.92 bits per heavy atom. The molecule has 1 atom stereocenters. The van der Waals surface area contributed by atoms with Crippen LogP contribution >= 0.6 is 0 Å². The highest BCUT2D eigenvalue weighted by molar-refractivity contribution is 6.40. The molecule has 1 aliphatic heterocycles. The predicted octanol–water partition coefficient (Wildman–Crippen LogP) is 0.509. The topological polar surface area (TPSA) is 108 Å². The number of aliphatic hydroxyl groups excluding tert-OH is 1. The number of ether oxygens (including phenoxy) is 1. The van der Waals surface area contributed by atoms with Crippen molar-refractivity contribution in [1.82, 2.24) is 5.32 Å². The third-order valence-electron chi connectivity index (χ3n) is 3.97. The van der Waals surface area contributed by atoms with Crippen LogP contribution in [0.25, 0.3) is 0 Å². The van der Waals surface area contributed by atoms with E-state index in [-0.39, 0.29) is 12.2 Å². The number of nitrogens with one attached hydrogen (secondary N) is 2. The third kappa shape index (κ3) is 4.69. The van der Waals surface area contributed by atoms with Crippen molar-refractivity contribution in [3.05, 3.63) is 23.8 Å². The second-order valence-electron chi connectivity index (χ2n) is 5.93. The number of carbonyl (C=O) groups is 3. The molecule has 3 N–H and O–H groups in total. The average molecular weight is 349 g/mol. The van der Waals surface area contributed by atoms with Crippen molar-refractivity contribution in [2.24, 2.45) is 0 Å². The van der Waals surface area contributed by atoms with Crippen molar-refractivity contribution < 1.29 is 24.2 Å². The molecule has 0 spiro atoms. The first-order valence-electron chi connectivity index (χ1n) is 8.16. The Morgan fingerprint density at radius 1 is 1.24 bits per heavy atom. The molecular formula is C17H23N3O5. The Morgan fingerprint density at radius 3 is 2.52 bits per heavy atom. The quantitative estimate of drug-likeness (QED) is 0.528. The van der Waals surface area contributed by atoms with Gasteiger partial charge in [0.1, 0.15) is 0 Å². The Bertz CT molecular complexity index is 656. The van der Waals surface area contributed by atoms with Crippen LogP contribution in [-0.2, 0) is 14.3 Å². The molecule has 136 valence electrons. The second kappa shape index (κ2) is 8.48. The molecule has 0 unspecified atom stereocenters. The molecule has 8 heteroatoms. The lowest BCUT2D eigenvalue weighted by molar-refractivity contribution is -0.136. The summed E-state index contributed by atoms with van der Waals surface area (Å²) >= 11 is 0. The highest BCUT2D eigenvalue weighted by Gasteiger charge is 2.22. The molecule has 0 aliphatic carbocycles. The number of nitrogens with zero attached hydrogens (tertiary/aromatic N) is 1. The van der Waals surface area contributed by atoms with E-state index in [1.807, 2.05) is 0 Å². The Kier molecular flexibility index (Phi) is 6.35. The minimum atomic E-state index is -0.859. The maximum absolute atomic E-state index is 12.1. The first-order valence-corrected chi connectivity index (χ1v) is 8.16. The fourth-order valence-corrected chi connectivity index (χ4v) is 2.63. The molecule has 0 aromatic heterocycles. The van der Waals surface area contributed by atoms with Crippen molar-refractivity contribution in [3.63, 3.8) is 0 Å². The molecule has 0 bridgehead atoms. The monoisotopic (exact) mass is 349 g/mol. The number of esters is 1. The van der Waals surface area contributed by atoms with E-state index in [0.29, 0.717) is 5.69 Å². The number of anilines is 2. The van der Waals surface area contributed by atoms with Crippen LogP contribution in [0.15, 0.2) is 18.2 Å². The van der Waals surface area contributed by atoms with Gasteiger partial charge in [-0.05, 0) is 38.0 Å². The Balaban J connectivity index is 2.24. The third-order valence-corrected chi connectivity index (χ3v) is 3.97. The van der Waals surface area contributed by atoms with Crippen LogP contribution in [0.1, 0.15) is 30.1 Å². The second-order valence-corrected chi connectivity index (χ2v) is 5.93. The van der Waals surface area contributed by atoms with Crippen LogP contribution < -0.4 is 15.5 Å². The molecule has 8 nitrogen and oxygen atoms in total. The van der Waals surface area contributed by atoms with Crippen molar-refractivity contribution in [2.45, 2.75) is 25.8 Å². The zero-order valence-electron chi connectivity index (χ0n) is 14.4.